The summed E-state index contributed by atoms with van der Waals surface area (Å²) < 4.78 is 0. The molecular weight excluding hydrogens is 258 g/mol. The summed E-state index contributed by atoms with van der Waals surface area (Å²) in [6.07, 6.45) is 3.31. The number of aryl methyl sites for hydroxylation is 3. The third-order valence-electron chi connectivity index (χ3n) is 2.60. The molecule has 0 radical (unpaired) electrons. The second-order valence-electron chi connectivity index (χ2n) is 4.31. The fraction of sp³-hybridized carbons (Fsp3) is 0.214. The molecule has 1 aromatic carbocycles. The number of aromatic nitrogens is 2. The minimum atomic E-state index is -0.198. The van der Waals surface area contributed by atoms with Crippen LogP contribution in [0, 0.1) is 20.8 Å². The average Bonchev–Trinajstić information content (AvgIpc) is 2.73. The van der Waals surface area contributed by atoms with Crippen molar-refractivity contribution in [2.45, 2.75) is 20.8 Å². The van der Waals surface area contributed by atoms with Crippen molar-refractivity contribution in [3.8, 4) is 0 Å². The highest BCUT2D eigenvalue weighted by Crippen LogP contribution is 2.14. The average molecular weight is 273 g/mol. The number of nitrogens with one attached hydrogen (secondary N) is 1. The number of carbonyl (C=O) groups is 1. The van der Waals surface area contributed by atoms with Crippen LogP contribution in [-0.4, -0.2) is 16.1 Å². The zero-order valence-corrected chi connectivity index (χ0v) is 11.9. The molecule has 1 aromatic heterocycles. The van der Waals surface area contributed by atoms with Gasteiger partial charge in [0.15, 0.2) is 0 Å². The predicted octanol–water partition coefficient (Wildman–Crippen LogP) is 3.12. The molecular formula is C14H15N3OS. The van der Waals surface area contributed by atoms with E-state index in [0.717, 1.165) is 16.1 Å². The van der Waals surface area contributed by atoms with Crippen LogP contribution in [0.5, 0.6) is 0 Å². The van der Waals surface area contributed by atoms with Gasteiger partial charge in [-0.15, -0.1) is 10.2 Å². The van der Waals surface area contributed by atoms with Crippen LogP contribution in [0.25, 0.3) is 6.08 Å². The van der Waals surface area contributed by atoms with E-state index in [9.17, 15) is 4.79 Å². The summed E-state index contributed by atoms with van der Waals surface area (Å²) in [6, 6.07) is 6.12. The molecule has 0 bridgehead atoms. The van der Waals surface area contributed by atoms with Crippen molar-refractivity contribution in [3.63, 3.8) is 0 Å². The quantitative estimate of drug-likeness (QED) is 0.874. The zero-order chi connectivity index (χ0) is 13.8. The number of benzene rings is 1. The van der Waals surface area contributed by atoms with Crippen LogP contribution in [0.1, 0.15) is 21.7 Å². The molecule has 0 spiro atoms. The Bertz CT molecular complexity index is 631. The van der Waals surface area contributed by atoms with Gasteiger partial charge in [-0.3, -0.25) is 10.1 Å². The lowest BCUT2D eigenvalue weighted by atomic mass is 10.1. The van der Waals surface area contributed by atoms with Gasteiger partial charge in [-0.05, 0) is 38.0 Å². The molecule has 2 rings (SSSR count). The first-order chi connectivity index (χ1) is 9.04. The first-order valence-electron chi connectivity index (χ1n) is 5.91. The summed E-state index contributed by atoms with van der Waals surface area (Å²) in [5.41, 5.74) is 3.40. The van der Waals surface area contributed by atoms with Crippen LogP contribution in [-0.2, 0) is 4.79 Å². The SMILES string of the molecule is Cc1ccc(C=CC(=O)Nc2nnc(C)s2)c(C)c1. The van der Waals surface area contributed by atoms with Gasteiger partial charge in [0.1, 0.15) is 5.01 Å². The van der Waals surface area contributed by atoms with Gasteiger partial charge < -0.3 is 0 Å². The maximum absolute atomic E-state index is 11.7. The molecule has 4 nitrogen and oxygen atoms in total. The minimum absolute atomic E-state index is 0.198. The van der Waals surface area contributed by atoms with Crippen LogP contribution in [0.2, 0.25) is 0 Å². The van der Waals surface area contributed by atoms with Gasteiger partial charge in [-0.2, -0.15) is 0 Å². The van der Waals surface area contributed by atoms with E-state index >= 15 is 0 Å². The standard InChI is InChI=1S/C14H15N3OS/c1-9-4-5-12(10(2)8-9)6-7-13(18)15-14-17-16-11(3)19-14/h4-8H,1-3H3,(H,15,17,18). The summed E-state index contributed by atoms with van der Waals surface area (Å²) in [7, 11) is 0. The highest BCUT2D eigenvalue weighted by Gasteiger charge is 2.03. The molecule has 0 saturated heterocycles. The molecule has 1 heterocycles. The Morgan fingerprint density at radius 2 is 2.05 bits per heavy atom. The summed E-state index contributed by atoms with van der Waals surface area (Å²) in [5, 5.41) is 11.7. The Hall–Kier alpha value is -2.01. The number of rotatable bonds is 3. The normalized spacial score (nSPS) is 10.9. The van der Waals surface area contributed by atoms with E-state index in [2.05, 4.69) is 21.6 Å². The molecule has 5 heteroatoms. The monoisotopic (exact) mass is 273 g/mol. The number of hydrogen-bond donors (Lipinski definition) is 1. The molecule has 2 aromatic rings. The Kier molecular flexibility index (Phi) is 4.06. The number of carbonyl (C=O) groups excluding carboxylic acids is 1. The van der Waals surface area contributed by atoms with E-state index < -0.39 is 0 Å². The predicted molar refractivity (Wildman–Crippen MR) is 78.2 cm³/mol. The molecule has 1 amide bonds. The topological polar surface area (TPSA) is 54.9 Å². The first kappa shape index (κ1) is 13.4. The van der Waals surface area contributed by atoms with E-state index in [-0.39, 0.29) is 5.91 Å². The van der Waals surface area contributed by atoms with Gasteiger partial charge in [0, 0.05) is 6.08 Å². The zero-order valence-electron chi connectivity index (χ0n) is 11.1. The van der Waals surface area contributed by atoms with Crippen LogP contribution < -0.4 is 5.32 Å². The van der Waals surface area contributed by atoms with E-state index in [0.29, 0.717) is 5.13 Å². The van der Waals surface area contributed by atoms with Crippen molar-refractivity contribution in [1.29, 1.82) is 0 Å². The Morgan fingerprint density at radius 1 is 1.26 bits per heavy atom. The summed E-state index contributed by atoms with van der Waals surface area (Å²) in [4.78, 5) is 11.7. The van der Waals surface area contributed by atoms with Gasteiger partial charge >= 0.3 is 0 Å². The second-order valence-corrected chi connectivity index (χ2v) is 5.49. The number of anilines is 1. The van der Waals surface area contributed by atoms with Crippen LogP contribution >= 0.6 is 11.3 Å². The molecule has 0 atom stereocenters. The van der Waals surface area contributed by atoms with Crippen molar-refractivity contribution in [3.05, 3.63) is 46.0 Å². The Morgan fingerprint density at radius 3 is 2.68 bits per heavy atom. The number of amides is 1. The molecule has 0 saturated carbocycles. The van der Waals surface area contributed by atoms with Gasteiger partial charge in [0.2, 0.25) is 11.0 Å². The largest absolute Gasteiger partial charge is 0.297 e. The maximum atomic E-state index is 11.7. The molecule has 0 aliphatic heterocycles. The van der Waals surface area contributed by atoms with Crippen molar-refractivity contribution in [1.82, 2.24) is 10.2 Å². The third kappa shape index (κ3) is 3.72. The van der Waals surface area contributed by atoms with E-state index in [1.54, 1.807) is 6.08 Å². The fourth-order valence-corrected chi connectivity index (χ4v) is 2.27. The Balaban J connectivity index is 2.03. The summed E-state index contributed by atoms with van der Waals surface area (Å²) in [6.45, 7) is 5.92. The highest BCUT2D eigenvalue weighted by atomic mass is 32.1. The fourth-order valence-electron chi connectivity index (χ4n) is 1.67. The van der Waals surface area contributed by atoms with E-state index in [4.69, 9.17) is 0 Å². The lowest BCUT2D eigenvalue weighted by Crippen LogP contribution is -2.07. The third-order valence-corrected chi connectivity index (χ3v) is 3.35. The van der Waals surface area contributed by atoms with Crippen LogP contribution in [0.15, 0.2) is 24.3 Å². The molecule has 0 fully saturated rings. The van der Waals surface area contributed by atoms with Gasteiger partial charge in [0.05, 0.1) is 0 Å². The van der Waals surface area contributed by atoms with Crippen molar-refractivity contribution < 1.29 is 4.79 Å². The lowest BCUT2D eigenvalue weighted by molar-refractivity contribution is -0.111. The molecule has 1 N–H and O–H groups in total. The van der Waals surface area contributed by atoms with Crippen molar-refractivity contribution >= 4 is 28.5 Å². The molecule has 19 heavy (non-hydrogen) atoms. The van der Waals surface area contributed by atoms with Gasteiger partial charge in [-0.1, -0.05) is 35.1 Å². The Labute approximate surface area is 116 Å². The first-order valence-corrected chi connectivity index (χ1v) is 6.72. The second kappa shape index (κ2) is 5.75. The van der Waals surface area contributed by atoms with Crippen molar-refractivity contribution in [2.24, 2.45) is 0 Å². The highest BCUT2D eigenvalue weighted by molar-refractivity contribution is 7.15. The van der Waals surface area contributed by atoms with E-state index in [1.807, 2.05) is 32.9 Å². The molecule has 0 unspecified atom stereocenters. The molecule has 0 aliphatic rings. The lowest BCUT2D eigenvalue weighted by Gasteiger charge is -2.01. The maximum Gasteiger partial charge on any atom is 0.250 e. The smallest absolute Gasteiger partial charge is 0.250 e. The van der Waals surface area contributed by atoms with Gasteiger partial charge in [-0.25, -0.2) is 0 Å². The van der Waals surface area contributed by atoms with Crippen LogP contribution in [0.4, 0.5) is 5.13 Å². The number of nitrogens with zero attached hydrogens (tertiary/aromatic N) is 2. The van der Waals surface area contributed by atoms with E-state index in [1.165, 1.54) is 23.0 Å². The van der Waals surface area contributed by atoms with Crippen LogP contribution in [0.3, 0.4) is 0 Å². The molecule has 0 aliphatic carbocycles. The number of hydrogen-bond acceptors (Lipinski definition) is 4. The minimum Gasteiger partial charge on any atom is -0.297 e. The van der Waals surface area contributed by atoms with Crippen molar-refractivity contribution in [2.75, 3.05) is 5.32 Å². The molecule has 98 valence electrons. The summed E-state index contributed by atoms with van der Waals surface area (Å²) in [5.74, 6) is -0.198. The summed E-state index contributed by atoms with van der Waals surface area (Å²) >= 11 is 1.35. The van der Waals surface area contributed by atoms with Gasteiger partial charge in [0.25, 0.3) is 0 Å².